The lowest BCUT2D eigenvalue weighted by Gasteiger charge is -2.28. The molecule has 0 aromatic heterocycles. The standard InChI is InChI=1S/C12H23NOS/c1-11(14)10-12-6-4-3-5-7-13(12)8-9-15-2/h12H,3-10H2,1-2H3. The van der Waals surface area contributed by atoms with E-state index in [1.165, 1.54) is 38.0 Å². The number of nitrogens with zero attached hydrogens (tertiary/aromatic N) is 1. The van der Waals surface area contributed by atoms with Crippen LogP contribution in [-0.4, -0.2) is 41.8 Å². The SMILES string of the molecule is CSCCN1CCCCCC1CC(C)=O. The summed E-state index contributed by atoms with van der Waals surface area (Å²) in [6.07, 6.45) is 8.07. The summed E-state index contributed by atoms with van der Waals surface area (Å²) in [6, 6.07) is 0.525. The largest absolute Gasteiger partial charge is 0.300 e. The molecule has 3 heteroatoms. The van der Waals surface area contributed by atoms with E-state index in [0.29, 0.717) is 11.8 Å². The van der Waals surface area contributed by atoms with Gasteiger partial charge in [0.1, 0.15) is 5.78 Å². The summed E-state index contributed by atoms with van der Waals surface area (Å²) < 4.78 is 0. The van der Waals surface area contributed by atoms with E-state index in [-0.39, 0.29) is 0 Å². The second-order valence-corrected chi connectivity index (χ2v) is 5.42. The maximum atomic E-state index is 11.2. The predicted molar refractivity (Wildman–Crippen MR) is 67.5 cm³/mol. The molecule has 0 bridgehead atoms. The Morgan fingerprint density at radius 2 is 2.20 bits per heavy atom. The maximum absolute atomic E-state index is 11.2. The van der Waals surface area contributed by atoms with Gasteiger partial charge in [-0.15, -0.1) is 0 Å². The molecule has 0 radical (unpaired) electrons. The van der Waals surface area contributed by atoms with E-state index in [2.05, 4.69) is 11.2 Å². The Bertz CT molecular complexity index is 196. The predicted octanol–water partition coefficient (Wildman–Crippen LogP) is 2.57. The third kappa shape index (κ3) is 5.03. The molecule has 1 atom stereocenters. The van der Waals surface area contributed by atoms with Gasteiger partial charge in [-0.05, 0) is 32.6 Å². The molecule has 0 aliphatic carbocycles. The van der Waals surface area contributed by atoms with Crippen molar-refractivity contribution in [3.05, 3.63) is 0 Å². The van der Waals surface area contributed by atoms with Crippen LogP contribution >= 0.6 is 11.8 Å². The minimum atomic E-state index is 0.344. The zero-order chi connectivity index (χ0) is 11.1. The first-order chi connectivity index (χ1) is 7.24. The van der Waals surface area contributed by atoms with Crippen molar-refractivity contribution < 1.29 is 4.79 Å². The van der Waals surface area contributed by atoms with E-state index in [1.807, 2.05) is 11.8 Å². The Balaban J connectivity index is 2.46. The van der Waals surface area contributed by atoms with E-state index in [0.717, 1.165) is 13.0 Å². The molecule has 0 saturated carbocycles. The van der Waals surface area contributed by atoms with Gasteiger partial charge >= 0.3 is 0 Å². The number of Topliss-reactive ketones (excluding diaryl/α,β-unsaturated/α-hetero) is 1. The molecule has 0 aromatic rings. The van der Waals surface area contributed by atoms with Gasteiger partial charge < -0.3 is 0 Å². The highest BCUT2D eigenvalue weighted by atomic mass is 32.2. The molecule has 1 aliphatic heterocycles. The fourth-order valence-electron chi connectivity index (χ4n) is 2.30. The Kier molecular flexibility index (Phi) is 6.34. The summed E-state index contributed by atoms with van der Waals surface area (Å²) in [6.45, 7) is 4.06. The molecule has 1 aliphatic rings. The Morgan fingerprint density at radius 1 is 1.40 bits per heavy atom. The molecule has 1 saturated heterocycles. The molecule has 88 valence electrons. The molecule has 1 heterocycles. The van der Waals surface area contributed by atoms with Crippen LogP contribution in [0.3, 0.4) is 0 Å². The van der Waals surface area contributed by atoms with Gasteiger partial charge in [0.15, 0.2) is 0 Å². The maximum Gasteiger partial charge on any atom is 0.131 e. The van der Waals surface area contributed by atoms with Gasteiger partial charge in [-0.2, -0.15) is 11.8 Å². The number of carbonyl (C=O) groups excluding carboxylic acids is 1. The minimum Gasteiger partial charge on any atom is -0.300 e. The van der Waals surface area contributed by atoms with Crippen LogP contribution in [0.25, 0.3) is 0 Å². The Hall–Kier alpha value is -0.0200. The van der Waals surface area contributed by atoms with Crippen LogP contribution in [0, 0.1) is 0 Å². The number of hydrogen-bond acceptors (Lipinski definition) is 3. The Morgan fingerprint density at radius 3 is 2.87 bits per heavy atom. The highest BCUT2D eigenvalue weighted by molar-refractivity contribution is 7.98. The van der Waals surface area contributed by atoms with E-state index in [9.17, 15) is 4.79 Å². The number of ketones is 1. The smallest absolute Gasteiger partial charge is 0.131 e. The van der Waals surface area contributed by atoms with Crippen molar-refractivity contribution in [2.75, 3.05) is 25.1 Å². The van der Waals surface area contributed by atoms with Crippen LogP contribution in [0.4, 0.5) is 0 Å². The van der Waals surface area contributed by atoms with Crippen LogP contribution in [0.15, 0.2) is 0 Å². The van der Waals surface area contributed by atoms with Gasteiger partial charge in [-0.1, -0.05) is 12.8 Å². The van der Waals surface area contributed by atoms with E-state index < -0.39 is 0 Å². The van der Waals surface area contributed by atoms with Crippen LogP contribution in [0.5, 0.6) is 0 Å². The van der Waals surface area contributed by atoms with Crippen molar-refractivity contribution in [3.63, 3.8) is 0 Å². The summed E-state index contributed by atoms with van der Waals surface area (Å²) >= 11 is 1.90. The van der Waals surface area contributed by atoms with Crippen molar-refractivity contribution in [2.24, 2.45) is 0 Å². The van der Waals surface area contributed by atoms with Crippen molar-refractivity contribution in [2.45, 2.75) is 45.1 Å². The summed E-state index contributed by atoms with van der Waals surface area (Å²) in [5, 5.41) is 0. The molecule has 0 N–H and O–H groups in total. The van der Waals surface area contributed by atoms with Gasteiger partial charge in [0.05, 0.1) is 0 Å². The number of hydrogen-bond donors (Lipinski definition) is 0. The van der Waals surface area contributed by atoms with Gasteiger partial charge in [-0.25, -0.2) is 0 Å². The van der Waals surface area contributed by atoms with Crippen molar-refractivity contribution in [1.29, 1.82) is 0 Å². The van der Waals surface area contributed by atoms with E-state index in [1.54, 1.807) is 6.92 Å². The fraction of sp³-hybridized carbons (Fsp3) is 0.917. The number of carbonyl (C=O) groups is 1. The van der Waals surface area contributed by atoms with E-state index >= 15 is 0 Å². The van der Waals surface area contributed by atoms with Crippen molar-refractivity contribution in [1.82, 2.24) is 4.90 Å². The molecule has 1 fully saturated rings. The normalized spacial score (nSPS) is 23.7. The lowest BCUT2D eigenvalue weighted by molar-refractivity contribution is -0.118. The zero-order valence-corrected chi connectivity index (χ0v) is 10.8. The van der Waals surface area contributed by atoms with Gasteiger partial charge in [0.25, 0.3) is 0 Å². The highest BCUT2D eigenvalue weighted by Crippen LogP contribution is 2.19. The third-order valence-corrected chi connectivity index (χ3v) is 3.70. The zero-order valence-electron chi connectivity index (χ0n) is 10.00. The van der Waals surface area contributed by atoms with E-state index in [4.69, 9.17) is 0 Å². The average Bonchev–Trinajstić information content (AvgIpc) is 2.40. The summed E-state index contributed by atoms with van der Waals surface area (Å²) in [5.74, 6) is 1.53. The molecule has 15 heavy (non-hydrogen) atoms. The van der Waals surface area contributed by atoms with Crippen molar-refractivity contribution in [3.8, 4) is 0 Å². The first kappa shape index (κ1) is 13.0. The molecule has 0 amide bonds. The first-order valence-corrected chi connectivity index (χ1v) is 7.36. The first-order valence-electron chi connectivity index (χ1n) is 5.96. The number of rotatable bonds is 5. The third-order valence-electron chi connectivity index (χ3n) is 3.10. The Labute approximate surface area is 97.8 Å². The van der Waals surface area contributed by atoms with Gasteiger partial charge in [-0.3, -0.25) is 9.69 Å². The van der Waals surface area contributed by atoms with Crippen LogP contribution < -0.4 is 0 Å². The molecule has 1 unspecified atom stereocenters. The minimum absolute atomic E-state index is 0.344. The van der Waals surface area contributed by atoms with Crippen LogP contribution in [0.2, 0.25) is 0 Å². The summed E-state index contributed by atoms with van der Waals surface area (Å²) in [5.41, 5.74) is 0. The number of thioether (sulfide) groups is 1. The lowest BCUT2D eigenvalue weighted by Crippen LogP contribution is -2.37. The monoisotopic (exact) mass is 229 g/mol. The molecular formula is C12H23NOS. The average molecular weight is 229 g/mol. The second kappa shape index (κ2) is 7.29. The summed E-state index contributed by atoms with van der Waals surface area (Å²) in [7, 11) is 0. The van der Waals surface area contributed by atoms with Crippen LogP contribution in [-0.2, 0) is 4.79 Å². The second-order valence-electron chi connectivity index (χ2n) is 4.44. The lowest BCUT2D eigenvalue weighted by atomic mass is 10.0. The molecule has 0 aromatic carbocycles. The van der Waals surface area contributed by atoms with Gasteiger partial charge in [0.2, 0.25) is 0 Å². The molecule has 0 spiro atoms. The summed E-state index contributed by atoms with van der Waals surface area (Å²) in [4.78, 5) is 13.7. The quantitative estimate of drug-likeness (QED) is 0.722. The fourth-order valence-corrected chi connectivity index (χ4v) is 2.72. The number of likely N-dealkylation sites (tertiary alicyclic amines) is 1. The van der Waals surface area contributed by atoms with Crippen molar-refractivity contribution >= 4 is 17.5 Å². The molecule has 2 nitrogen and oxygen atoms in total. The molecule has 1 rings (SSSR count). The van der Waals surface area contributed by atoms with Crippen LogP contribution in [0.1, 0.15) is 39.0 Å². The topological polar surface area (TPSA) is 20.3 Å². The van der Waals surface area contributed by atoms with Gasteiger partial charge in [0, 0.05) is 24.8 Å². The highest BCUT2D eigenvalue weighted by Gasteiger charge is 2.21. The molecular weight excluding hydrogens is 206 g/mol.